The fourth-order valence-electron chi connectivity index (χ4n) is 2.55. The predicted octanol–water partition coefficient (Wildman–Crippen LogP) is 3.36. The molecule has 0 unspecified atom stereocenters. The Hall–Kier alpha value is -0.0400. The average Bonchev–Trinajstić information content (AvgIpc) is 2.03. The maximum Gasteiger partial charge on any atom is 0.0594 e. The van der Waals surface area contributed by atoms with E-state index in [9.17, 15) is 5.11 Å². The first-order valence-electron chi connectivity index (χ1n) is 5.73. The van der Waals surface area contributed by atoms with Crippen LogP contribution in [-0.2, 0) is 0 Å². The van der Waals surface area contributed by atoms with Crippen LogP contribution >= 0.6 is 0 Å². The quantitative estimate of drug-likeness (QED) is 0.713. The Morgan fingerprint density at radius 3 is 1.92 bits per heavy atom. The maximum atomic E-state index is 9.69. The molecule has 0 saturated heterocycles. The highest BCUT2D eigenvalue weighted by molar-refractivity contribution is 4.77. The summed E-state index contributed by atoms with van der Waals surface area (Å²) in [7, 11) is 0. The Balaban J connectivity index is 2.25. The molecule has 0 spiro atoms. The van der Waals surface area contributed by atoms with Crippen molar-refractivity contribution < 1.29 is 5.11 Å². The normalized spacial score (nSPS) is 30.5. The summed E-state index contributed by atoms with van der Waals surface area (Å²) >= 11 is 0. The first kappa shape index (κ1) is 11.0. The highest BCUT2D eigenvalue weighted by Crippen LogP contribution is 2.34. The first-order valence-corrected chi connectivity index (χ1v) is 5.73. The van der Waals surface area contributed by atoms with Crippen molar-refractivity contribution in [1.82, 2.24) is 0 Å². The summed E-state index contributed by atoms with van der Waals surface area (Å²) in [5.74, 6) is 1.75. The van der Waals surface area contributed by atoms with Crippen LogP contribution in [-0.4, -0.2) is 10.7 Å². The van der Waals surface area contributed by atoms with Crippen LogP contribution in [0.3, 0.4) is 0 Å². The minimum absolute atomic E-state index is 0.455. The zero-order valence-corrected chi connectivity index (χ0v) is 9.34. The molecule has 0 aromatic carbocycles. The van der Waals surface area contributed by atoms with E-state index in [4.69, 9.17) is 0 Å². The van der Waals surface area contributed by atoms with E-state index in [-0.39, 0.29) is 0 Å². The number of hydrogen-bond donors (Lipinski definition) is 1. The monoisotopic (exact) mass is 184 g/mol. The van der Waals surface area contributed by atoms with E-state index in [1.54, 1.807) is 0 Å². The molecule has 1 rings (SSSR count). The van der Waals surface area contributed by atoms with Gasteiger partial charge in [0.1, 0.15) is 0 Å². The number of rotatable bonds is 3. The Kier molecular flexibility index (Phi) is 3.78. The zero-order valence-electron chi connectivity index (χ0n) is 9.34. The van der Waals surface area contributed by atoms with Crippen LogP contribution in [0.4, 0.5) is 0 Å². The van der Waals surface area contributed by atoms with Gasteiger partial charge in [-0.1, -0.05) is 39.0 Å². The van der Waals surface area contributed by atoms with Gasteiger partial charge in [-0.05, 0) is 32.1 Å². The summed E-state index contributed by atoms with van der Waals surface area (Å²) in [6, 6.07) is 0. The second-order valence-corrected chi connectivity index (χ2v) is 5.31. The Morgan fingerprint density at radius 1 is 1.08 bits per heavy atom. The fraction of sp³-hybridized carbons (Fsp3) is 1.00. The molecule has 1 heteroatoms. The van der Waals surface area contributed by atoms with Crippen molar-refractivity contribution in [2.75, 3.05) is 0 Å². The van der Waals surface area contributed by atoms with Crippen molar-refractivity contribution >= 4 is 0 Å². The van der Waals surface area contributed by atoms with E-state index >= 15 is 0 Å². The summed E-state index contributed by atoms with van der Waals surface area (Å²) < 4.78 is 0. The molecule has 0 heterocycles. The van der Waals surface area contributed by atoms with Gasteiger partial charge in [0.2, 0.25) is 0 Å². The van der Waals surface area contributed by atoms with E-state index in [0.717, 1.165) is 18.3 Å². The topological polar surface area (TPSA) is 20.2 Å². The Bertz CT molecular complexity index is 138. The van der Waals surface area contributed by atoms with E-state index in [0.29, 0.717) is 0 Å². The lowest BCUT2D eigenvalue weighted by atomic mass is 9.77. The summed E-state index contributed by atoms with van der Waals surface area (Å²) in [5.41, 5.74) is -0.455. The number of aliphatic hydroxyl groups is 1. The van der Waals surface area contributed by atoms with Gasteiger partial charge < -0.3 is 5.11 Å². The van der Waals surface area contributed by atoms with Crippen molar-refractivity contribution in [3.8, 4) is 0 Å². The van der Waals surface area contributed by atoms with Gasteiger partial charge in [-0.15, -0.1) is 0 Å². The molecular formula is C12H24O. The molecule has 1 N–H and O–H groups in total. The minimum atomic E-state index is -0.455. The molecule has 0 aromatic heterocycles. The maximum absolute atomic E-state index is 9.69. The number of hydrogen-bond acceptors (Lipinski definition) is 1. The van der Waals surface area contributed by atoms with Crippen LogP contribution in [0.15, 0.2) is 0 Å². The molecule has 78 valence electrons. The van der Waals surface area contributed by atoms with Gasteiger partial charge in [0, 0.05) is 0 Å². The largest absolute Gasteiger partial charge is 0.390 e. The average molecular weight is 184 g/mol. The van der Waals surface area contributed by atoms with Crippen molar-refractivity contribution in [2.45, 2.75) is 64.9 Å². The lowest BCUT2D eigenvalue weighted by molar-refractivity contribution is 0.0421. The first-order chi connectivity index (χ1) is 6.01. The lowest BCUT2D eigenvalue weighted by Gasteiger charge is -2.31. The van der Waals surface area contributed by atoms with Gasteiger partial charge in [-0.2, -0.15) is 0 Å². The van der Waals surface area contributed by atoms with Crippen LogP contribution in [0.25, 0.3) is 0 Å². The van der Waals surface area contributed by atoms with Crippen molar-refractivity contribution in [2.24, 2.45) is 11.8 Å². The van der Waals surface area contributed by atoms with Crippen LogP contribution in [0.2, 0.25) is 0 Å². The molecule has 13 heavy (non-hydrogen) atoms. The van der Waals surface area contributed by atoms with E-state index < -0.39 is 5.60 Å². The molecular weight excluding hydrogens is 160 g/mol. The SMILES string of the molecule is CCC1CCC(CC(C)(C)O)CC1. The third-order valence-corrected chi connectivity index (χ3v) is 3.33. The molecule has 0 atom stereocenters. The molecule has 1 nitrogen and oxygen atoms in total. The van der Waals surface area contributed by atoms with Crippen LogP contribution in [0.1, 0.15) is 59.3 Å². The summed E-state index contributed by atoms with van der Waals surface area (Å²) in [4.78, 5) is 0. The molecule has 1 saturated carbocycles. The second-order valence-electron chi connectivity index (χ2n) is 5.31. The van der Waals surface area contributed by atoms with Crippen molar-refractivity contribution in [3.05, 3.63) is 0 Å². The van der Waals surface area contributed by atoms with Crippen molar-refractivity contribution in [1.29, 1.82) is 0 Å². The Labute approximate surface area is 82.5 Å². The summed E-state index contributed by atoms with van der Waals surface area (Å²) in [5, 5.41) is 9.69. The van der Waals surface area contributed by atoms with Gasteiger partial charge in [0.25, 0.3) is 0 Å². The van der Waals surface area contributed by atoms with E-state index in [2.05, 4.69) is 6.92 Å². The van der Waals surface area contributed by atoms with E-state index in [1.165, 1.54) is 32.1 Å². The van der Waals surface area contributed by atoms with E-state index in [1.807, 2.05) is 13.8 Å². The van der Waals surface area contributed by atoms with Gasteiger partial charge in [0.05, 0.1) is 5.60 Å². The van der Waals surface area contributed by atoms with Crippen molar-refractivity contribution in [3.63, 3.8) is 0 Å². The highest BCUT2D eigenvalue weighted by Gasteiger charge is 2.25. The smallest absolute Gasteiger partial charge is 0.0594 e. The molecule has 0 bridgehead atoms. The fourth-order valence-corrected chi connectivity index (χ4v) is 2.55. The summed E-state index contributed by atoms with van der Waals surface area (Å²) in [6.45, 7) is 6.15. The molecule has 0 radical (unpaired) electrons. The van der Waals surface area contributed by atoms with Crippen LogP contribution in [0, 0.1) is 11.8 Å². The van der Waals surface area contributed by atoms with Gasteiger partial charge in [0.15, 0.2) is 0 Å². The zero-order chi connectivity index (χ0) is 9.90. The second kappa shape index (κ2) is 4.45. The molecule has 1 aliphatic rings. The standard InChI is InChI=1S/C12H24O/c1-4-10-5-7-11(8-6-10)9-12(2,3)13/h10-11,13H,4-9H2,1-3H3. The highest BCUT2D eigenvalue weighted by atomic mass is 16.3. The minimum Gasteiger partial charge on any atom is -0.390 e. The predicted molar refractivity (Wildman–Crippen MR) is 56.7 cm³/mol. The van der Waals surface area contributed by atoms with Gasteiger partial charge in [-0.3, -0.25) is 0 Å². The van der Waals surface area contributed by atoms with Gasteiger partial charge >= 0.3 is 0 Å². The lowest BCUT2D eigenvalue weighted by Crippen LogP contribution is -2.25. The Morgan fingerprint density at radius 2 is 1.54 bits per heavy atom. The molecule has 1 aliphatic carbocycles. The van der Waals surface area contributed by atoms with Crippen LogP contribution < -0.4 is 0 Å². The van der Waals surface area contributed by atoms with Gasteiger partial charge in [-0.25, -0.2) is 0 Å². The molecule has 0 amide bonds. The third-order valence-electron chi connectivity index (χ3n) is 3.33. The molecule has 1 fully saturated rings. The summed E-state index contributed by atoms with van der Waals surface area (Å²) in [6.07, 6.45) is 7.78. The third kappa shape index (κ3) is 4.12. The molecule has 0 aliphatic heterocycles. The molecule has 0 aromatic rings. The van der Waals surface area contributed by atoms with Crippen LogP contribution in [0.5, 0.6) is 0 Å².